The SMILES string of the molecule is O=C(NCC1CC1)c1cccc2c3c([nH]c12)CCCC3. The number of para-hydroxylation sites is 1. The highest BCUT2D eigenvalue weighted by molar-refractivity contribution is 6.06. The number of carbonyl (C=O) groups is 1. The Morgan fingerprint density at radius 1 is 1.25 bits per heavy atom. The summed E-state index contributed by atoms with van der Waals surface area (Å²) in [6, 6.07) is 6.09. The van der Waals surface area contributed by atoms with Gasteiger partial charge in [0.05, 0.1) is 11.1 Å². The number of nitrogens with one attached hydrogen (secondary N) is 2. The van der Waals surface area contributed by atoms with Crippen LogP contribution < -0.4 is 5.32 Å². The number of aromatic nitrogens is 1. The van der Waals surface area contributed by atoms with Crippen molar-refractivity contribution < 1.29 is 4.79 Å². The molecule has 2 N–H and O–H groups in total. The summed E-state index contributed by atoms with van der Waals surface area (Å²) in [6.45, 7) is 0.829. The number of fused-ring (bicyclic) bond motifs is 3. The molecule has 3 nitrogen and oxygen atoms in total. The minimum atomic E-state index is 0.0705. The van der Waals surface area contributed by atoms with Crippen molar-refractivity contribution in [3.05, 3.63) is 35.0 Å². The standard InChI is InChI=1S/C17H20N2O/c20-17(18-10-11-8-9-11)14-6-3-5-13-12-4-1-2-7-15(12)19-16(13)14/h3,5-6,11,19H,1-2,4,7-10H2,(H,18,20). The molecule has 2 aliphatic rings. The first kappa shape index (κ1) is 12.0. The molecule has 0 unspecified atom stereocenters. The number of aromatic amines is 1. The Bertz CT molecular complexity index is 667. The maximum Gasteiger partial charge on any atom is 0.253 e. The lowest BCUT2D eigenvalue weighted by Gasteiger charge is -2.10. The Hall–Kier alpha value is -1.77. The number of benzene rings is 1. The van der Waals surface area contributed by atoms with Gasteiger partial charge in [-0.1, -0.05) is 12.1 Å². The van der Waals surface area contributed by atoms with E-state index in [2.05, 4.69) is 16.4 Å². The first-order valence-corrected chi connectivity index (χ1v) is 7.73. The van der Waals surface area contributed by atoms with Crippen LogP contribution in [0.25, 0.3) is 10.9 Å². The van der Waals surface area contributed by atoms with Gasteiger partial charge in [-0.25, -0.2) is 0 Å². The third-order valence-corrected chi connectivity index (χ3v) is 4.63. The van der Waals surface area contributed by atoms with Gasteiger partial charge in [0, 0.05) is 17.6 Å². The summed E-state index contributed by atoms with van der Waals surface area (Å²) in [5, 5.41) is 4.32. The van der Waals surface area contributed by atoms with Crippen LogP contribution in [0.2, 0.25) is 0 Å². The molecule has 1 heterocycles. The Labute approximate surface area is 118 Å². The lowest BCUT2D eigenvalue weighted by atomic mass is 9.95. The van der Waals surface area contributed by atoms with E-state index in [-0.39, 0.29) is 5.91 Å². The van der Waals surface area contributed by atoms with Crippen LogP contribution >= 0.6 is 0 Å². The Morgan fingerprint density at radius 3 is 2.95 bits per heavy atom. The van der Waals surface area contributed by atoms with Crippen molar-refractivity contribution in [2.75, 3.05) is 6.54 Å². The van der Waals surface area contributed by atoms with Gasteiger partial charge < -0.3 is 10.3 Å². The number of amides is 1. The van der Waals surface area contributed by atoms with Crippen LogP contribution in [0.3, 0.4) is 0 Å². The second kappa shape index (κ2) is 4.65. The molecule has 3 heteroatoms. The highest BCUT2D eigenvalue weighted by atomic mass is 16.1. The van der Waals surface area contributed by atoms with Crippen molar-refractivity contribution in [3.8, 4) is 0 Å². The third kappa shape index (κ3) is 2.01. The molecular weight excluding hydrogens is 248 g/mol. The number of hydrogen-bond donors (Lipinski definition) is 2. The second-order valence-corrected chi connectivity index (χ2v) is 6.17. The van der Waals surface area contributed by atoms with Crippen molar-refractivity contribution in [3.63, 3.8) is 0 Å². The van der Waals surface area contributed by atoms with E-state index in [4.69, 9.17) is 0 Å². The highest BCUT2D eigenvalue weighted by Gasteiger charge is 2.23. The lowest BCUT2D eigenvalue weighted by molar-refractivity contribution is 0.0953. The smallest absolute Gasteiger partial charge is 0.253 e. The number of H-pyrrole nitrogens is 1. The van der Waals surface area contributed by atoms with Crippen LogP contribution in [0.15, 0.2) is 18.2 Å². The maximum absolute atomic E-state index is 12.4. The summed E-state index contributed by atoms with van der Waals surface area (Å²) >= 11 is 0. The van der Waals surface area contributed by atoms with Crippen molar-refractivity contribution in [1.29, 1.82) is 0 Å². The molecule has 1 saturated carbocycles. The fourth-order valence-corrected chi connectivity index (χ4v) is 3.27. The van der Waals surface area contributed by atoms with E-state index >= 15 is 0 Å². The lowest BCUT2D eigenvalue weighted by Crippen LogP contribution is -2.25. The molecule has 2 aliphatic carbocycles. The minimum absolute atomic E-state index is 0.0705. The van der Waals surface area contributed by atoms with E-state index in [1.807, 2.05) is 12.1 Å². The minimum Gasteiger partial charge on any atom is -0.358 e. The molecule has 0 atom stereocenters. The second-order valence-electron chi connectivity index (χ2n) is 6.17. The zero-order chi connectivity index (χ0) is 13.5. The molecule has 0 aliphatic heterocycles. The average Bonchev–Trinajstić information content (AvgIpc) is 3.23. The number of aryl methyl sites for hydroxylation is 2. The molecular formula is C17H20N2O. The summed E-state index contributed by atoms with van der Waals surface area (Å²) in [4.78, 5) is 15.9. The normalized spacial score (nSPS) is 18.0. The van der Waals surface area contributed by atoms with Gasteiger partial charge in [-0.3, -0.25) is 4.79 Å². The van der Waals surface area contributed by atoms with E-state index in [1.54, 1.807) is 0 Å². The van der Waals surface area contributed by atoms with Crippen molar-refractivity contribution in [2.45, 2.75) is 38.5 Å². The van der Waals surface area contributed by atoms with E-state index in [0.29, 0.717) is 0 Å². The van der Waals surface area contributed by atoms with Crippen LogP contribution in [0.5, 0.6) is 0 Å². The van der Waals surface area contributed by atoms with Crippen molar-refractivity contribution in [1.82, 2.24) is 10.3 Å². The number of carbonyl (C=O) groups excluding carboxylic acids is 1. The Morgan fingerprint density at radius 2 is 2.10 bits per heavy atom. The molecule has 0 bridgehead atoms. The van der Waals surface area contributed by atoms with Gasteiger partial charge in [0.15, 0.2) is 0 Å². The highest BCUT2D eigenvalue weighted by Crippen LogP contribution is 2.31. The van der Waals surface area contributed by atoms with Crippen LogP contribution in [0.1, 0.15) is 47.3 Å². The van der Waals surface area contributed by atoms with E-state index < -0.39 is 0 Å². The summed E-state index contributed by atoms with van der Waals surface area (Å²) < 4.78 is 0. The van der Waals surface area contributed by atoms with E-state index in [0.717, 1.165) is 36.4 Å². The third-order valence-electron chi connectivity index (χ3n) is 4.63. The first-order valence-electron chi connectivity index (χ1n) is 7.73. The fourth-order valence-electron chi connectivity index (χ4n) is 3.27. The summed E-state index contributed by atoms with van der Waals surface area (Å²) in [6.07, 6.45) is 7.30. The summed E-state index contributed by atoms with van der Waals surface area (Å²) in [5.74, 6) is 0.788. The molecule has 4 rings (SSSR count). The zero-order valence-corrected chi connectivity index (χ0v) is 11.7. The molecule has 0 radical (unpaired) electrons. The Balaban J connectivity index is 1.71. The first-order chi connectivity index (χ1) is 9.83. The summed E-state index contributed by atoms with van der Waals surface area (Å²) in [5.41, 5.74) is 4.61. The molecule has 104 valence electrons. The predicted molar refractivity (Wildman–Crippen MR) is 80.0 cm³/mol. The van der Waals surface area contributed by atoms with Crippen LogP contribution in [-0.2, 0) is 12.8 Å². The van der Waals surface area contributed by atoms with Gasteiger partial charge >= 0.3 is 0 Å². The monoisotopic (exact) mass is 268 g/mol. The van der Waals surface area contributed by atoms with E-state index in [1.165, 1.54) is 42.3 Å². The van der Waals surface area contributed by atoms with Gasteiger partial charge in [0.1, 0.15) is 0 Å². The molecule has 0 saturated heterocycles. The van der Waals surface area contributed by atoms with Crippen molar-refractivity contribution >= 4 is 16.8 Å². The molecule has 0 spiro atoms. The van der Waals surface area contributed by atoms with Gasteiger partial charge in [-0.05, 0) is 56.1 Å². The zero-order valence-electron chi connectivity index (χ0n) is 11.7. The van der Waals surface area contributed by atoms with Gasteiger partial charge in [0.2, 0.25) is 0 Å². The predicted octanol–water partition coefficient (Wildman–Crippen LogP) is 3.19. The molecule has 1 amide bonds. The molecule has 20 heavy (non-hydrogen) atoms. The molecule has 1 aromatic carbocycles. The summed E-state index contributed by atoms with van der Waals surface area (Å²) in [7, 11) is 0. The number of rotatable bonds is 3. The molecule has 2 aromatic rings. The van der Waals surface area contributed by atoms with Crippen molar-refractivity contribution in [2.24, 2.45) is 5.92 Å². The Kier molecular flexibility index (Phi) is 2.79. The average molecular weight is 268 g/mol. The van der Waals surface area contributed by atoms with Gasteiger partial charge in [-0.15, -0.1) is 0 Å². The quantitative estimate of drug-likeness (QED) is 0.882. The van der Waals surface area contributed by atoms with Crippen LogP contribution in [0, 0.1) is 5.92 Å². The fraction of sp³-hybridized carbons (Fsp3) is 0.471. The van der Waals surface area contributed by atoms with E-state index in [9.17, 15) is 4.79 Å². The van der Waals surface area contributed by atoms with Gasteiger partial charge in [-0.2, -0.15) is 0 Å². The maximum atomic E-state index is 12.4. The molecule has 1 aromatic heterocycles. The largest absolute Gasteiger partial charge is 0.358 e. The molecule has 1 fully saturated rings. The van der Waals surface area contributed by atoms with Gasteiger partial charge in [0.25, 0.3) is 5.91 Å². The van der Waals surface area contributed by atoms with Crippen LogP contribution in [-0.4, -0.2) is 17.4 Å². The number of hydrogen-bond acceptors (Lipinski definition) is 1. The topological polar surface area (TPSA) is 44.9 Å². The van der Waals surface area contributed by atoms with Crippen LogP contribution in [0.4, 0.5) is 0 Å².